The molecule has 16 heavy (non-hydrogen) atoms. The SMILES string of the molecule is COc1cc(CNCCSC)cc(Br)c1O. The van der Waals surface area contributed by atoms with Crippen molar-refractivity contribution in [3.05, 3.63) is 22.2 Å². The minimum Gasteiger partial charge on any atom is -0.503 e. The lowest BCUT2D eigenvalue weighted by Crippen LogP contribution is -2.16. The van der Waals surface area contributed by atoms with Crippen molar-refractivity contribution in [3.8, 4) is 11.5 Å². The molecular formula is C11H16BrNO2S. The molecule has 0 aliphatic carbocycles. The van der Waals surface area contributed by atoms with E-state index in [0.29, 0.717) is 10.2 Å². The van der Waals surface area contributed by atoms with Crippen LogP contribution in [0.2, 0.25) is 0 Å². The van der Waals surface area contributed by atoms with Crippen LogP contribution in [0.25, 0.3) is 0 Å². The van der Waals surface area contributed by atoms with Crippen molar-refractivity contribution in [1.29, 1.82) is 0 Å². The summed E-state index contributed by atoms with van der Waals surface area (Å²) in [6, 6.07) is 3.73. The Morgan fingerprint density at radius 2 is 2.25 bits per heavy atom. The molecule has 0 radical (unpaired) electrons. The Morgan fingerprint density at radius 3 is 2.88 bits per heavy atom. The van der Waals surface area contributed by atoms with Crippen molar-refractivity contribution in [2.75, 3.05) is 25.7 Å². The standard InChI is InChI=1S/C11H16BrNO2S/c1-15-10-6-8(5-9(12)11(10)14)7-13-3-4-16-2/h5-6,13-14H,3-4,7H2,1-2H3. The number of hydrogen-bond acceptors (Lipinski definition) is 4. The molecular weight excluding hydrogens is 290 g/mol. The maximum absolute atomic E-state index is 9.64. The summed E-state index contributed by atoms with van der Waals surface area (Å²) in [6.07, 6.45) is 2.09. The second kappa shape index (κ2) is 7.04. The van der Waals surface area contributed by atoms with E-state index in [0.717, 1.165) is 24.4 Å². The highest BCUT2D eigenvalue weighted by Gasteiger charge is 2.07. The Hall–Kier alpha value is -0.390. The molecule has 0 aromatic heterocycles. The van der Waals surface area contributed by atoms with E-state index in [1.54, 1.807) is 7.11 Å². The quantitative estimate of drug-likeness (QED) is 0.793. The Bertz CT molecular complexity index is 347. The minimum atomic E-state index is 0.148. The number of ether oxygens (including phenoxy) is 1. The molecule has 0 saturated carbocycles. The highest BCUT2D eigenvalue weighted by Crippen LogP contribution is 2.35. The van der Waals surface area contributed by atoms with Gasteiger partial charge in [0.05, 0.1) is 11.6 Å². The van der Waals surface area contributed by atoms with Crippen LogP contribution in [0.4, 0.5) is 0 Å². The second-order valence-corrected chi connectivity index (χ2v) is 5.14. The van der Waals surface area contributed by atoms with Crippen LogP contribution in [-0.4, -0.2) is 30.8 Å². The van der Waals surface area contributed by atoms with Gasteiger partial charge in [-0.2, -0.15) is 11.8 Å². The molecule has 0 unspecified atom stereocenters. The maximum Gasteiger partial charge on any atom is 0.172 e. The average molecular weight is 306 g/mol. The van der Waals surface area contributed by atoms with E-state index in [4.69, 9.17) is 4.74 Å². The van der Waals surface area contributed by atoms with E-state index >= 15 is 0 Å². The Kier molecular flexibility index (Phi) is 6.01. The fourth-order valence-electron chi connectivity index (χ4n) is 1.29. The van der Waals surface area contributed by atoms with Gasteiger partial charge in [-0.1, -0.05) is 0 Å². The molecule has 3 nitrogen and oxygen atoms in total. The van der Waals surface area contributed by atoms with Crippen LogP contribution in [0.15, 0.2) is 16.6 Å². The molecule has 0 aliphatic rings. The van der Waals surface area contributed by atoms with Gasteiger partial charge in [0.25, 0.3) is 0 Å². The summed E-state index contributed by atoms with van der Waals surface area (Å²) in [6.45, 7) is 1.75. The number of aromatic hydroxyl groups is 1. The molecule has 1 aromatic carbocycles. The van der Waals surface area contributed by atoms with Crippen molar-refractivity contribution < 1.29 is 9.84 Å². The summed E-state index contributed by atoms with van der Waals surface area (Å²) < 4.78 is 5.74. The predicted octanol–water partition coefficient (Wildman–Crippen LogP) is 2.62. The van der Waals surface area contributed by atoms with Crippen LogP contribution >= 0.6 is 27.7 Å². The van der Waals surface area contributed by atoms with Gasteiger partial charge in [-0.3, -0.25) is 0 Å². The number of thioether (sulfide) groups is 1. The number of methoxy groups -OCH3 is 1. The molecule has 0 amide bonds. The first-order chi connectivity index (χ1) is 7.69. The van der Waals surface area contributed by atoms with Crippen molar-refractivity contribution in [3.63, 3.8) is 0 Å². The van der Waals surface area contributed by atoms with Gasteiger partial charge in [0.1, 0.15) is 0 Å². The maximum atomic E-state index is 9.64. The predicted molar refractivity (Wildman–Crippen MR) is 72.4 cm³/mol. The molecule has 0 fully saturated rings. The lowest BCUT2D eigenvalue weighted by Gasteiger charge is -2.09. The lowest BCUT2D eigenvalue weighted by atomic mass is 10.2. The Morgan fingerprint density at radius 1 is 1.50 bits per heavy atom. The van der Waals surface area contributed by atoms with Gasteiger partial charge in [0, 0.05) is 18.8 Å². The zero-order valence-corrected chi connectivity index (χ0v) is 11.8. The van der Waals surface area contributed by atoms with Gasteiger partial charge in [-0.15, -0.1) is 0 Å². The van der Waals surface area contributed by atoms with Crippen molar-refractivity contribution in [2.45, 2.75) is 6.54 Å². The summed E-state index contributed by atoms with van der Waals surface area (Å²) in [4.78, 5) is 0. The summed E-state index contributed by atoms with van der Waals surface area (Å²) in [7, 11) is 1.55. The number of halogens is 1. The Labute approximate surface area is 109 Å². The third-order valence-corrected chi connectivity index (χ3v) is 3.34. The van der Waals surface area contributed by atoms with Gasteiger partial charge in [0.15, 0.2) is 11.5 Å². The summed E-state index contributed by atoms with van der Waals surface area (Å²) in [5.74, 6) is 1.74. The molecule has 0 bridgehead atoms. The molecule has 0 aliphatic heterocycles. The van der Waals surface area contributed by atoms with Crippen LogP contribution in [0.5, 0.6) is 11.5 Å². The normalized spacial score (nSPS) is 10.4. The molecule has 1 aromatic rings. The van der Waals surface area contributed by atoms with E-state index in [1.807, 2.05) is 23.9 Å². The zero-order valence-electron chi connectivity index (χ0n) is 9.42. The van der Waals surface area contributed by atoms with E-state index in [2.05, 4.69) is 27.5 Å². The van der Waals surface area contributed by atoms with Crippen LogP contribution in [0.1, 0.15) is 5.56 Å². The molecule has 0 spiro atoms. The lowest BCUT2D eigenvalue weighted by molar-refractivity contribution is 0.371. The summed E-state index contributed by atoms with van der Waals surface area (Å²) >= 11 is 5.11. The zero-order chi connectivity index (χ0) is 12.0. The number of phenolic OH excluding ortho intramolecular Hbond substituents is 1. The third-order valence-electron chi connectivity index (χ3n) is 2.12. The fourth-order valence-corrected chi connectivity index (χ4v) is 2.13. The van der Waals surface area contributed by atoms with Crippen LogP contribution < -0.4 is 10.1 Å². The number of rotatable bonds is 6. The van der Waals surface area contributed by atoms with Gasteiger partial charge in [0.2, 0.25) is 0 Å². The molecule has 2 N–H and O–H groups in total. The number of hydrogen-bond donors (Lipinski definition) is 2. The second-order valence-electron chi connectivity index (χ2n) is 3.30. The van der Waals surface area contributed by atoms with Gasteiger partial charge >= 0.3 is 0 Å². The fraction of sp³-hybridized carbons (Fsp3) is 0.455. The first-order valence-corrected chi connectivity index (χ1v) is 7.12. The van der Waals surface area contributed by atoms with Crippen molar-refractivity contribution in [1.82, 2.24) is 5.32 Å². The molecule has 5 heteroatoms. The smallest absolute Gasteiger partial charge is 0.172 e. The van der Waals surface area contributed by atoms with Crippen LogP contribution in [0.3, 0.4) is 0 Å². The third kappa shape index (κ3) is 3.88. The first kappa shape index (κ1) is 13.7. The monoisotopic (exact) mass is 305 g/mol. The van der Waals surface area contributed by atoms with E-state index < -0.39 is 0 Å². The highest BCUT2D eigenvalue weighted by molar-refractivity contribution is 9.10. The van der Waals surface area contributed by atoms with Gasteiger partial charge in [-0.25, -0.2) is 0 Å². The van der Waals surface area contributed by atoms with E-state index in [-0.39, 0.29) is 5.75 Å². The molecule has 1 rings (SSSR count). The molecule has 0 heterocycles. The van der Waals surface area contributed by atoms with E-state index in [9.17, 15) is 5.11 Å². The number of phenols is 1. The molecule has 0 atom stereocenters. The first-order valence-electron chi connectivity index (χ1n) is 4.94. The van der Waals surface area contributed by atoms with Crippen LogP contribution in [0, 0.1) is 0 Å². The number of nitrogens with one attached hydrogen (secondary N) is 1. The molecule has 90 valence electrons. The summed E-state index contributed by atoms with van der Waals surface area (Å²) in [5.41, 5.74) is 1.09. The largest absolute Gasteiger partial charge is 0.503 e. The molecule has 0 saturated heterocycles. The van der Waals surface area contributed by atoms with Gasteiger partial charge in [-0.05, 0) is 39.9 Å². The minimum absolute atomic E-state index is 0.148. The topological polar surface area (TPSA) is 41.5 Å². The van der Waals surface area contributed by atoms with Crippen LogP contribution in [-0.2, 0) is 6.54 Å². The summed E-state index contributed by atoms with van der Waals surface area (Å²) in [5, 5.41) is 13.0. The van der Waals surface area contributed by atoms with Gasteiger partial charge < -0.3 is 15.2 Å². The van der Waals surface area contributed by atoms with E-state index in [1.165, 1.54) is 0 Å². The Balaban J connectivity index is 2.63. The van der Waals surface area contributed by atoms with Crippen molar-refractivity contribution >= 4 is 27.7 Å². The van der Waals surface area contributed by atoms with Crippen molar-refractivity contribution in [2.24, 2.45) is 0 Å². The highest BCUT2D eigenvalue weighted by atomic mass is 79.9. The number of benzene rings is 1. The average Bonchev–Trinajstić information content (AvgIpc) is 2.29.